The van der Waals surface area contributed by atoms with Crippen LogP contribution in [0.15, 0.2) is 0 Å². The second-order valence-electron chi connectivity index (χ2n) is 10.6. The number of carbonyl (C=O) groups is 3. The van der Waals surface area contributed by atoms with E-state index in [9.17, 15) is 14.4 Å². The van der Waals surface area contributed by atoms with Crippen molar-refractivity contribution >= 4 is 34.0 Å². The number of carbonyl (C=O) groups excluding carboxylic acids is 3. The maximum atomic E-state index is 13.3. The van der Waals surface area contributed by atoms with Crippen molar-refractivity contribution in [1.82, 2.24) is 9.80 Å². The SMILES string of the molecule is CC1(C)CC2(CCCN(C3CCN(C(=O)c4c(N)sc5c4CCCC5=O)CC3)C2)C(=O)O1. The van der Waals surface area contributed by atoms with E-state index in [-0.39, 0.29) is 28.7 Å². The average Bonchev–Trinajstić information content (AvgIpc) is 3.20. The van der Waals surface area contributed by atoms with E-state index in [4.69, 9.17) is 10.5 Å². The summed E-state index contributed by atoms with van der Waals surface area (Å²) in [6.45, 7) is 7.14. The number of piperidine rings is 2. The van der Waals surface area contributed by atoms with Crippen LogP contribution >= 0.6 is 11.3 Å². The quantitative estimate of drug-likeness (QED) is 0.683. The number of esters is 1. The second-order valence-corrected chi connectivity index (χ2v) is 11.7. The third kappa shape index (κ3) is 3.65. The Kier molecular flexibility index (Phi) is 5.36. The van der Waals surface area contributed by atoms with Gasteiger partial charge in [0.05, 0.1) is 20.9 Å². The Labute approximate surface area is 193 Å². The van der Waals surface area contributed by atoms with E-state index in [1.165, 1.54) is 11.3 Å². The molecule has 1 unspecified atom stereocenters. The summed E-state index contributed by atoms with van der Waals surface area (Å²) in [6.07, 6.45) is 6.59. The molecule has 1 aromatic heterocycles. The molecule has 7 nitrogen and oxygen atoms in total. The molecule has 1 amide bonds. The van der Waals surface area contributed by atoms with Crippen LogP contribution in [0, 0.1) is 5.41 Å². The Morgan fingerprint density at radius 1 is 1.12 bits per heavy atom. The molecule has 0 aromatic carbocycles. The van der Waals surface area contributed by atoms with Gasteiger partial charge in [-0.1, -0.05) is 0 Å². The first-order valence-electron chi connectivity index (χ1n) is 11.9. The van der Waals surface area contributed by atoms with Crippen LogP contribution in [0.2, 0.25) is 0 Å². The lowest BCUT2D eigenvalue weighted by Gasteiger charge is -2.44. The number of Topliss-reactive ketones (excluding diaryl/α,β-unsaturated/α-hetero) is 1. The Balaban J connectivity index is 1.25. The van der Waals surface area contributed by atoms with Crippen LogP contribution < -0.4 is 5.73 Å². The van der Waals surface area contributed by atoms with E-state index in [2.05, 4.69) is 4.90 Å². The largest absolute Gasteiger partial charge is 0.459 e. The van der Waals surface area contributed by atoms with Gasteiger partial charge in [0.1, 0.15) is 5.60 Å². The van der Waals surface area contributed by atoms with Gasteiger partial charge < -0.3 is 15.4 Å². The summed E-state index contributed by atoms with van der Waals surface area (Å²) < 4.78 is 5.68. The van der Waals surface area contributed by atoms with Gasteiger partial charge in [0, 0.05) is 38.5 Å². The fourth-order valence-electron chi connectivity index (χ4n) is 6.39. The maximum absolute atomic E-state index is 13.3. The van der Waals surface area contributed by atoms with Crippen LogP contribution in [0.5, 0.6) is 0 Å². The van der Waals surface area contributed by atoms with E-state index in [1.54, 1.807) is 0 Å². The number of amides is 1. The minimum absolute atomic E-state index is 0.0237. The molecule has 2 N–H and O–H groups in total. The first-order chi connectivity index (χ1) is 15.2. The molecule has 3 aliphatic heterocycles. The zero-order chi connectivity index (χ0) is 22.7. The fourth-order valence-corrected chi connectivity index (χ4v) is 7.46. The molecule has 5 rings (SSSR count). The number of nitrogen functional groups attached to an aromatic ring is 1. The standard InChI is InChI=1S/C24H33N3O4S/c1-23(2)13-24(22(30)31-23)9-4-10-27(14-24)15-7-11-26(12-8-15)21(29)18-16-5-3-6-17(28)19(16)32-20(18)25/h15H,3-14,25H2,1-2H3. The number of hydrogen-bond donors (Lipinski definition) is 1. The molecule has 0 bridgehead atoms. The number of thiophene rings is 1. The Morgan fingerprint density at radius 3 is 2.56 bits per heavy atom. The van der Waals surface area contributed by atoms with Crippen LogP contribution in [-0.4, -0.2) is 65.3 Å². The molecule has 4 aliphatic rings. The molecule has 3 saturated heterocycles. The lowest BCUT2D eigenvalue weighted by molar-refractivity contribution is -0.154. The smallest absolute Gasteiger partial charge is 0.314 e. The Hall–Kier alpha value is -1.93. The predicted octanol–water partition coefficient (Wildman–Crippen LogP) is 3.26. The van der Waals surface area contributed by atoms with Gasteiger partial charge in [-0.3, -0.25) is 19.3 Å². The molecule has 32 heavy (non-hydrogen) atoms. The number of cyclic esters (lactones) is 1. The molecule has 174 valence electrons. The van der Waals surface area contributed by atoms with E-state index in [0.717, 1.165) is 63.6 Å². The molecular formula is C24H33N3O4S. The second kappa shape index (κ2) is 7.83. The molecule has 1 aromatic rings. The van der Waals surface area contributed by atoms with E-state index in [0.29, 0.717) is 41.0 Å². The van der Waals surface area contributed by atoms with E-state index < -0.39 is 0 Å². The number of nitrogens with zero attached hydrogens (tertiary/aromatic N) is 2. The van der Waals surface area contributed by atoms with Crippen LogP contribution in [0.1, 0.15) is 84.4 Å². The molecule has 0 radical (unpaired) electrons. The number of rotatable bonds is 2. The van der Waals surface area contributed by atoms with Crippen LogP contribution in [-0.2, 0) is 16.0 Å². The van der Waals surface area contributed by atoms with Crippen LogP contribution in [0.4, 0.5) is 5.00 Å². The summed E-state index contributed by atoms with van der Waals surface area (Å²) in [5.41, 5.74) is 6.90. The Bertz CT molecular complexity index is 963. The molecule has 1 aliphatic carbocycles. The number of ether oxygens (including phenoxy) is 1. The van der Waals surface area contributed by atoms with E-state index >= 15 is 0 Å². The van der Waals surface area contributed by atoms with Crippen molar-refractivity contribution in [3.8, 4) is 0 Å². The zero-order valence-corrected chi connectivity index (χ0v) is 19.9. The maximum Gasteiger partial charge on any atom is 0.314 e. The van der Waals surface area contributed by atoms with Gasteiger partial charge in [-0.05, 0) is 64.5 Å². The lowest BCUT2D eigenvalue weighted by Crippen LogP contribution is -2.53. The molecule has 3 fully saturated rings. The molecule has 1 atom stereocenters. The molecule has 4 heterocycles. The van der Waals surface area contributed by atoms with Crippen LogP contribution in [0.25, 0.3) is 0 Å². The number of nitrogens with two attached hydrogens (primary N) is 1. The van der Waals surface area contributed by atoms with Crippen molar-refractivity contribution in [2.24, 2.45) is 5.41 Å². The van der Waals surface area contributed by atoms with Gasteiger partial charge >= 0.3 is 5.97 Å². The minimum Gasteiger partial charge on any atom is -0.459 e. The highest BCUT2D eigenvalue weighted by Crippen LogP contribution is 2.47. The molecular weight excluding hydrogens is 426 g/mol. The summed E-state index contributed by atoms with van der Waals surface area (Å²) in [5.74, 6) is 0.0600. The van der Waals surface area contributed by atoms with Crippen molar-refractivity contribution in [2.75, 3.05) is 31.9 Å². The fraction of sp³-hybridized carbons (Fsp3) is 0.708. The number of hydrogen-bond acceptors (Lipinski definition) is 7. The lowest BCUT2D eigenvalue weighted by atomic mass is 9.74. The summed E-state index contributed by atoms with van der Waals surface area (Å²) in [7, 11) is 0. The van der Waals surface area contributed by atoms with Gasteiger partial charge in [0.15, 0.2) is 5.78 Å². The highest BCUT2D eigenvalue weighted by Gasteiger charge is 2.54. The summed E-state index contributed by atoms with van der Waals surface area (Å²) >= 11 is 1.28. The number of fused-ring (bicyclic) bond motifs is 1. The molecule has 8 heteroatoms. The monoisotopic (exact) mass is 459 g/mol. The first kappa shape index (κ1) is 21.9. The number of ketones is 1. The van der Waals surface area contributed by atoms with E-state index in [1.807, 2.05) is 18.7 Å². The topological polar surface area (TPSA) is 92.9 Å². The van der Waals surface area contributed by atoms with Crippen LogP contribution in [0.3, 0.4) is 0 Å². The predicted molar refractivity (Wildman–Crippen MR) is 123 cm³/mol. The van der Waals surface area contributed by atoms with Crippen molar-refractivity contribution in [3.63, 3.8) is 0 Å². The van der Waals surface area contributed by atoms with Crippen molar-refractivity contribution < 1.29 is 19.1 Å². The zero-order valence-electron chi connectivity index (χ0n) is 19.1. The molecule has 1 spiro atoms. The van der Waals surface area contributed by atoms with Gasteiger partial charge in [0.25, 0.3) is 5.91 Å². The van der Waals surface area contributed by atoms with Crippen molar-refractivity contribution in [3.05, 3.63) is 16.0 Å². The summed E-state index contributed by atoms with van der Waals surface area (Å²) in [4.78, 5) is 43.3. The highest BCUT2D eigenvalue weighted by atomic mass is 32.1. The third-order valence-corrected chi connectivity index (χ3v) is 8.87. The normalized spacial score (nSPS) is 28.8. The van der Waals surface area contributed by atoms with Gasteiger partial charge in [-0.2, -0.15) is 0 Å². The summed E-state index contributed by atoms with van der Waals surface area (Å²) in [6, 6.07) is 0.378. The van der Waals surface area contributed by atoms with Gasteiger partial charge in [-0.15, -0.1) is 11.3 Å². The van der Waals surface area contributed by atoms with Gasteiger partial charge in [0.2, 0.25) is 0 Å². The summed E-state index contributed by atoms with van der Waals surface area (Å²) in [5, 5.41) is 0.484. The first-order valence-corrected chi connectivity index (χ1v) is 12.7. The minimum atomic E-state index is -0.378. The highest BCUT2D eigenvalue weighted by molar-refractivity contribution is 7.18. The molecule has 0 saturated carbocycles. The number of anilines is 1. The average molecular weight is 460 g/mol. The number of likely N-dealkylation sites (tertiary alicyclic amines) is 2. The third-order valence-electron chi connectivity index (χ3n) is 7.77. The van der Waals surface area contributed by atoms with Crippen molar-refractivity contribution in [2.45, 2.75) is 76.9 Å². The van der Waals surface area contributed by atoms with Gasteiger partial charge in [-0.25, -0.2) is 0 Å². The Morgan fingerprint density at radius 2 is 1.88 bits per heavy atom. The van der Waals surface area contributed by atoms with Crippen molar-refractivity contribution in [1.29, 1.82) is 0 Å².